The molecule has 2 aromatic rings. The Hall–Kier alpha value is -0.740. The molecule has 0 N–H and O–H groups in total. The van der Waals surface area contributed by atoms with Gasteiger partial charge in [0.2, 0.25) is 0 Å². The summed E-state index contributed by atoms with van der Waals surface area (Å²) in [6.07, 6.45) is 0.403. The molecule has 1 unspecified atom stereocenters. The molecule has 4 heteroatoms. The fourth-order valence-corrected chi connectivity index (χ4v) is 2.77. The second kappa shape index (κ2) is 5.93. The first-order valence-corrected chi connectivity index (χ1v) is 7.11. The maximum Gasteiger partial charge on any atom is 0.162 e. The minimum Gasteiger partial charge on any atom is -0.204 e. The Labute approximate surface area is 121 Å². The van der Waals surface area contributed by atoms with Gasteiger partial charge >= 0.3 is 0 Å². The molecule has 0 saturated heterocycles. The molecule has 0 spiro atoms. The summed E-state index contributed by atoms with van der Waals surface area (Å²) in [6.45, 7) is 0. The first-order valence-electron chi connectivity index (χ1n) is 5.40. The molecular formula is C14H10Br2F2. The monoisotopic (exact) mass is 374 g/mol. The molecule has 0 aliphatic rings. The molecule has 0 fully saturated rings. The first-order chi connectivity index (χ1) is 8.58. The lowest BCUT2D eigenvalue weighted by atomic mass is 10.0. The van der Waals surface area contributed by atoms with Gasteiger partial charge in [-0.15, -0.1) is 0 Å². The summed E-state index contributed by atoms with van der Waals surface area (Å²) in [5.41, 5.74) is 1.39. The number of hydrogen-bond acceptors (Lipinski definition) is 0. The molecule has 0 radical (unpaired) electrons. The average Bonchev–Trinajstić information content (AvgIpc) is 2.35. The van der Waals surface area contributed by atoms with E-state index in [0.29, 0.717) is 12.0 Å². The minimum absolute atomic E-state index is 0.0497. The summed E-state index contributed by atoms with van der Waals surface area (Å²) in [7, 11) is 0. The highest BCUT2D eigenvalue weighted by Crippen LogP contribution is 2.29. The van der Waals surface area contributed by atoms with Gasteiger partial charge in [0.25, 0.3) is 0 Å². The van der Waals surface area contributed by atoms with Crippen molar-refractivity contribution in [3.8, 4) is 0 Å². The minimum atomic E-state index is -0.804. The number of benzene rings is 2. The summed E-state index contributed by atoms with van der Waals surface area (Å²) in [5, 5.41) is 0. The SMILES string of the molecule is Fc1cccc(CC(Br)c2cccc(Br)c2)c1F. The van der Waals surface area contributed by atoms with E-state index in [1.165, 1.54) is 6.07 Å². The Kier molecular flexibility index (Phi) is 4.51. The molecule has 2 aromatic carbocycles. The zero-order valence-corrected chi connectivity index (χ0v) is 12.5. The van der Waals surface area contributed by atoms with Gasteiger partial charge in [-0.05, 0) is 35.7 Å². The third-order valence-electron chi connectivity index (χ3n) is 2.64. The maximum absolute atomic E-state index is 13.6. The van der Waals surface area contributed by atoms with Crippen LogP contribution in [0.25, 0.3) is 0 Å². The zero-order chi connectivity index (χ0) is 13.1. The third kappa shape index (κ3) is 3.18. The Morgan fingerprint density at radius 3 is 2.50 bits per heavy atom. The van der Waals surface area contributed by atoms with Crippen molar-refractivity contribution in [2.24, 2.45) is 0 Å². The molecule has 1 atom stereocenters. The fourth-order valence-electron chi connectivity index (χ4n) is 1.72. The fraction of sp³-hybridized carbons (Fsp3) is 0.143. The molecule has 0 aliphatic heterocycles. The summed E-state index contributed by atoms with van der Waals surface area (Å²) in [6, 6.07) is 12.0. The molecule has 0 heterocycles. The highest BCUT2D eigenvalue weighted by Gasteiger charge is 2.14. The zero-order valence-electron chi connectivity index (χ0n) is 9.34. The summed E-state index contributed by atoms with van der Waals surface area (Å²) < 4.78 is 27.6. The van der Waals surface area contributed by atoms with Crippen molar-refractivity contribution in [2.75, 3.05) is 0 Å². The topological polar surface area (TPSA) is 0 Å². The molecule has 0 saturated carbocycles. The smallest absolute Gasteiger partial charge is 0.162 e. The van der Waals surface area contributed by atoms with Gasteiger partial charge < -0.3 is 0 Å². The highest BCUT2D eigenvalue weighted by atomic mass is 79.9. The van der Waals surface area contributed by atoms with Crippen LogP contribution in [0.2, 0.25) is 0 Å². The first kappa shape index (κ1) is 13.7. The van der Waals surface area contributed by atoms with Crippen molar-refractivity contribution in [3.05, 3.63) is 69.7 Å². The number of halogens is 4. The van der Waals surface area contributed by atoms with Gasteiger partial charge in [-0.1, -0.05) is 56.1 Å². The van der Waals surface area contributed by atoms with Crippen molar-refractivity contribution in [3.63, 3.8) is 0 Å². The van der Waals surface area contributed by atoms with Crippen molar-refractivity contribution in [1.82, 2.24) is 0 Å². The Morgan fingerprint density at radius 1 is 1.06 bits per heavy atom. The van der Waals surface area contributed by atoms with Gasteiger partial charge in [-0.3, -0.25) is 0 Å². The van der Waals surface area contributed by atoms with E-state index in [-0.39, 0.29) is 4.83 Å². The molecule has 2 rings (SSSR count). The molecule has 18 heavy (non-hydrogen) atoms. The normalized spacial score (nSPS) is 12.4. The van der Waals surface area contributed by atoms with Crippen molar-refractivity contribution in [2.45, 2.75) is 11.2 Å². The van der Waals surface area contributed by atoms with Crippen molar-refractivity contribution < 1.29 is 8.78 Å². The van der Waals surface area contributed by atoms with Gasteiger partial charge in [0.1, 0.15) is 0 Å². The summed E-state index contributed by atoms with van der Waals surface area (Å²) in [4.78, 5) is -0.0497. The van der Waals surface area contributed by atoms with Crippen LogP contribution < -0.4 is 0 Å². The average molecular weight is 376 g/mol. The van der Waals surface area contributed by atoms with Crippen LogP contribution in [-0.2, 0) is 6.42 Å². The molecular weight excluding hydrogens is 366 g/mol. The number of hydrogen-bond donors (Lipinski definition) is 0. The largest absolute Gasteiger partial charge is 0.204 e. The Morgan fingerprint density at radius 2 is 1.78 bits per heavy atom. The van der Waals surface area contributed by atoms with Gasteiger partial charge in [-0.2, -0.15) is 0 Å². The molecule has 0 nitrogen and oxygen atoms in total. The molecule has 0 aliphatic carbocycles. The van der Waals surface area contributed by atoms with Crippen molar-refractivity contribution in [1.29, 1.82) is 0 Å². The summed E-state index contributed by atoms with van der Waals surface area (Å²) in [5.74, 6) is -1.57. The van der Waals surface area contributed by atoms with Gasteiger partial charge in [-0.25, -0.2) is 8.78 Å². The Balaban J connectivity index is 2.21. The number of alkyl halides is 1. The lowest BCUT2D eigenvalue weighted by molar-refractivity contribution is 0.498. The van der Waals surface area contributed by atoms with Gasteiger partial charge in [0, 0.05) is 9.30 Å². The van der Waals surface area contributed by atoms with E-state index in [2.05, 4.69) is 31.9 Å². The highest BCUT2D eigenvalue weighted by molar-refractivity contribution is 9.10. The maximum atomic E-state index is 13.6. The molecule has 0 amide bonds. The second-order valence-electron chi connectivity index (χ2n) is 3.94. The third-order valence-corrected chi connectivity index (χ3v) is 3.99. The van der Waals surface area contributed by atoms with Crippen LogP contribution >= 0.6 is 31.9 Å². The predicted molar refractivity (Wildman–Crippen MR) is 75.9 cm³/mol. The van der Waals surface area contributed by atoms with E-state index in [9.17, 15) is 8.78 Å². The predicted octanol–water partition coefficient (Wildman–Crippen LogP) is 5.41. The molecule has 94 valence electrons. The lowest BCUT2D eigenvalue weighted by Crippen LogP contribution is -2.00. The van der Waals surface area contributed by atoms with E-state index in [1.807, 2.05) is 24.3 Å². The van der Waals surface area contributed by atoms with E-state index < -0.39 is 11.6 Å². The van der Waals surface area contributed by atoms with Crippen LogP contribution in [0.4, 0.5) is 8.78 Å². The lowest BCUT2D eigenvalue weighted by Gasteiger charge is -2.11. The van der Waals surface area contributed by atoms with E-state index in [0.717, 1.165) is 16.1 Å². The Bertz CT molecular complexity index is 555. The molecule has 0 bridgehead atoms. The van der Waals surface area contributed by atoms with E-state index in [4.69, 9.17) is 0 Å². The van der Waals surface area contributed by atoms with Crippen LogP contribution in [0, 0.1) is 11.6 Å². The standard InChI is InChI=1S/C14H10Br2F2/c15-11-5-1-3-9(7-11)12(16)8-10-4-2-6-13(17)14(10)18/h1-7,12H,8H2. The van der Waals surface area contributed by atoms with Gasteiger partial charge in [0.15, 0.2) is 11.6 Å². The van der Waals surface area contributed by atoms with Crippen LogP contribution in [-0.4, -0.2) is 0 Å². The van der Waals surface area contributed by atoms with E-state index in [1.54, 1.807) is 6.07 Å². The van der Waals surface area contributed by atoms with Crippen LogP contribution in [0.1, 0.15) is 16.0 Å². The second-order valence-corrected chi connectivity index (χ2v) is 5.96. The quantitative estimate of drug-likeness (QED) is 0.629. The van der Waals surface area contributed by atoms with Gasteiger partial charge in [0.05, 0.1) is 0 Å². The van der Waals surface area contributed by atoms with Crippen LogP contribution in [0.5, 0.6) is 0 Å². The van der Waals surface area contributed by atoms with Crippen LogP contribution in [0.15, 0.2) is 46.9 Å². The van der Waals surface area contributed by atoms with E-state index >= 15 is 0 Å². The van der Waals surface area contributed by atoms with Crippen LogP contribution in [0.3, 0.4) is 0 Å². The number of rotatable bonds is 3. The summed E-state index contributed by atoms with van der Waals surface area (Å²) >= 11 is 6.89. The van der Waals surface area contributed by atoms with Crippen molar-refractivity contribution >= 4 is 31.9 Å². The molecule has 0 aromatic heterocycles.